The van der Waals surface area contributed by atoms with Crippen molar-refractivity contribution >= 4 is 47.8 Å². The van der Waals surface area contributed by atoms with Crippen LogP contribution in [-0.4, -0.2) is 110 Å². The van der Waals surface area contributed by atoms with Crippen molar-refractivity contribution in [2.75, 3.05) is 13.2 Å². The lowest BCUT2D eigenvalue weighted by Gasteiger charge is -2.22. The summed E-state index contributed by atoms with van der Waals surface area (Å²) in [6.45, 7) is 5.41. The quantitative estimate of drug-likeness (QED) is 0.177. The number of hydrogen-bond acceptors (Lipinski definition) is 18. The van der Waals surface area contributed by atoms with Gasteiger partial charge in [0.2, 0.25) is 24.8 Å². The zero-order valence-corrected chi connectivity index (χ0v) is 24.8. The lowest BCUT2D eigenvalue weighted by Crippen LogP contribution is -2.42. The minimum absolute atomic E-state index is 0.477. The first-order chi connectivity index (χ1) is 20.6. The molecule has 2 saturated heterocycles. The van der Waals surface area contributed by atoms with Crippen LogP contribution in [-0.2, 0) is 85.7 Å². The molecule has 246 valence electrons. The maximum atomic E-state index is 12.3. The second-order valence-electron chi connectivity index (χ2n) is 9.47. The Labute approximate surface area is 250 Å². The summed E-state index contributed by atoms with van der Waals surface area (Å²) in [7, 11) is 0. The van der Waals surface area contributed by atoms with Crippen LogP contribution < -0.4 is 0 Å². The summed E-state index contributed by atoms with van der Waals surface area (Å²) >= 11 is 0. The number of ether oxygens (including phenoxy) is 10. The summed E-state index contributed by atoms with van der Waals surface area (Å²) in [6, 6.07) is 0. The Morgan fingerprint density at radius 2 is 0.705 bits per heavy atom. The summed E-state index contributed by atoms with van der Waals surface area (Å²) in [6.07, 6.45) is -11.5. The van der Waals surface area contributed by atoms with Gasteiger partial charge in [-0.15, -0.1) is 0 Å². The van der Waals surface area contributed by atoms with Gasteiger partial charge in [-0.2, -0.15) is 0 Å². The van der Waals surface area contributed by atoms with Crippen LogP contribution in [0.1, 0.15) is 54.4 Å². The zero-order chi connectivity index (χ0) is 33.1. The lowest BCUT2D eigenvalue weighted by atomic mass is 10.1. The predicted octanol–water partition coefficient (Wildman–Crippen LogP) is -0.844. The molecule has 0 bridgehead atoms. The molecule has 8 atom stereocenters. The lowest BCUT2D eigenvalue weighted by molar-refractivity contribution is -0.197. The van der Waals surface area contributed by atoms with E-state index in [1.165, 1.54) is 0 Å². The second-order valence-corrected chi connectivity index (χ2v) is 9.47. The fourth-order valence-corrected chi connectivity index (χ4v) is 4.17. The highest BCUT2D eigenvalue weighted by molar-refractivity contribution is 5.77. The fourth-order valence-electron chi connectivity index (χ4n) is 4.17. The van der Waals surface area contributed by atoms with Crippen molar-refractivity contribution in [3.63, 3.8) is 0 Å². The van der Waals surface area contributed by atoms with E-state index in [1.54, 1.807) is 0 Å². The van der Waals surface area contributed by atoms with E-state index in [9.17, 15) is 38.4 Å². The number of esters is 8. The molecule has 18 heteroatoms. The molecule has 18 nitrogen and oxygen atoms in total. The molecule has 0 aromatic heterocycles. The van der Waals surface area contributed by atoms with Crippen LogP contribution in [0.2, 0.25) is 0 Å². The molecule has 0 spiro atoms. The third kappa shape index (κ3) is 11.4. The molecule has 0 saturated carbocycles. The molecule has 0 aromatic rings. The van der Waals surface area contributed by atoms with Crippen LogP contribution in [0.4, 0.5) is 0 Å². The van der Waals surface area contributed by atoms with Gasteiger partial charge in [-0.25, -0.2) is 0 Å². The Balaban J connectivity index is 1.94. The van der Waals surface area contributed by atoms with Crippen molar-refractivity contribution in [1.82, 2.24) is 0 Å². The molecule has 2 fully saturated rings. The van der Waals surface area contributed by atoms with E-state index >= 15 is 0 Å². The Morgan fingerprint density at radius 3 is 0.977 bits per heavy atom. The average molecular weight is 635 g/mol. The maximum absolute atomic E-state index is 12.3. The van der Waals surface area contributed by atoms with Gasteiger partial charge in [-0.05, 0) is 0 Å². The van der Waals surface area contributed by atoms with Gasteiger partial charge in [0.1, 0.15) is 25.4 Å². The van der Waals surface area contributed by atoms with E-state index in [2.05, 4.69) is 0 Å². The van der Waals surface area contributed by atoms with Gasteiger partial charge in [0.15, 0.2) is 12.2 Å². The van der Waals surface area contributed by atoms with Crippen molar-refractivity contribution in [1.29, 1.82) is 0 Å². The molecular weight excluding hydrogens is 600 g/mol. The van der Waals surface area contributed by atoms with Gasteiger partial charge in [0.05, 0.1) is 12.8 Å². The topological polar surface area (TPSA) is 229 Å². The van der Waals surface area contributed by atoms with Gasteiger partial charge in [0.25, 0.3) is 0 Å². The summed E-state index contributed by atoms with van der Waals surface area (Å²) in [4.78, 5) is 93.9. The number of rotatable bonds is 13. The second kappa shape index (κ2) is 16.5. The fraction of sp³-hybridized carbons (Fsp3) is 0.692. The van der Waals surface area contributed by atoms with Crippen molar-refractivity contribution in [2.24, 2.45) is 0 Å². The van der Waals surface area contributed by atoms with Crippen molar-refractivity contribution in [3.8, 4) is 0 Å². The first-order valence-electron chi connectivity index (χ1n) is 13.2. The van der Waals surface area contributed by atoms with Crippen molar-refractivity contribution < 1.29 is 85.7 Å². The number of hydrogen-bond donors (Lipinski definition) is 0. The molecule has 0 amide bonds. The van der Waals surface area contributed by atoms with E-state index < -0.39 is 123 Å². The Hall–Kier alpha value is -4.32. The number of carbonyl (C=O) groups is 8. The van der Waals surface area contributed by atoms with Crippen LogP contribution >= 0.6 is 0 Å². The molecule has 0 unspecified atom stereocenters. The average Bonchev–Trinajstić information content (AvgIpc) is 3.34. The molecule has 44 heavy (non-hydrogen) atoms. The Morgan fingerprint density at radius 1 is 0.432 bits per heavy atom. The Kier molecular flexibility index (Phi) is 13.5. The van der Waals surface area contributed by atoms with Gasteiger partial charge >= 0.3 is 47.8 Å². The molecule has 2 rings (SSSR count). The molecular formula is C26H34O18. The zero-order valence-electron chi connectivity index (χ0n) is 24.8. The smallest absolute Gasteiger partial charge is 0.306 e. The van der Waals surface area contributed by atoms with E-state index in [-0.39, 0.29) is 0 Å². The van der Waals surface area contributed by atoms with Crippen molar-refractivity contribution in [3.05, 3.63) is 0 Å². The summed E-state index contributed by atoms with van der Waals surface area (Å²) in [5.41, 5.74) is 0. The van der Waals surface area contributed by atoms with Crippen molar-refractivity contribution in [2.45, 2.75) is 104 Å². The third-order valence-electron chi connectivity index (χ3n) is 5.66. The minimum Gasteiger partial charge on any atom is -0.463 e. The first-order valence-corrected chi connectivity index (χ1v) is 13.2. The monoisotopic (exact) mass is 634 g/mol. The molecule has 0 N–H and O–H groups in total. The summed E-state index contributed by atoms with van der Waals surface area (Å²) in [5, 5.41) is 0. The highest BCUT2D eigenvalue weighted by Gasteiger charge is 2.52. The standard InChI is InChI=1S/C26H34O18/c1-11(27)37-21-17(43-25(41-15(5)31)23(21)39-13(3)29)9-35-19(33)7-8-20(34)36-10-18-22(38-12(2)28)24(40-14(4)30)26(44-18)42-16(6)32/h17-18,21-26H,7-10H2,1-6H3/t17-,18-,21-,22-,23-,24-,25-,26-/m1/s1. The molecule has 0 aliphatic carbocycles. The van der Waals surface area contributed by atoms with Crippen LogP contribution in [0.25, 0.3) is 0 Å². The van der Waals surface area contributed by atoms with Gasteiger partial charge < -0.3 is 47.4 Å². The van der Waals surface area contributed by atoms with Crippen LogP contribution in [0.3, 0.4) is 0 Å². The highest BCUT2D eigenvalue weighted by atomic mass is 16.8. The summed E-state index contributed by atoms with van der Waals surface area (Å²) in [5.74, 6) is -6.48. The van der Waals surface area contributed by atoms with E-state index in [1.807, 2.05) is 0 Å². The molecule has 2 aliphatic rings. The molecule has 2 aliphatic heterocycles. The summed E-state index contributed by atoms with van der Waals surface area (Å²) < 4.78 is 51.7. The molecule has 0 radical (unpaired) electrons. The van der Waals surface area contributed by atoms with Crippen LogP contribution in [0.5, 0.6) is 0 Å². The Bertz CT molecular complexity index is 1030. The van der Waals surface area contributed by atoms with E-state index in [4.69, 9.17) is 47.4 Å². The van der Waals surface area contributed by atoms with E-state index in [0.29, 0.717) is 0 Å². The maximum Gasteiger partial charge on any atom is 0.306 e. The predicted molar refractivity (Wildman–Crippen MR) is 134 cm³/mol. The largest absolute Gasteiger partial charge is 0.463 e. The minimum atomic E-state index is -1.45. The SMILES string of the molecule is CC(=O)O[C@@H]1O[C@H](COC(=O)CCC(=O)OC[C@H]2O[C@@H](OC(C)=O)[C@H](OC(C)=O)[C@@H]2OC(C)=O)[C@@H](OC(C)=O)[C@H]1OC(C)=O. The van der Waals surface area contributed by atoms with Gasteiger partial charge in [0, 0.05) is 41.5 Å². The van der Waals surface area contributed by atoms with Crippen LogP contribution in [0, 0.1) is 0 Å². The van der Waals surface area contributed by atoms with E-state index in [0.717, 1.165) is 41.5 Å². The molecule has 2 heterocycles. The van der Waals surface area contributed by atoms with Gasteiger partial charge in [-0.1, -0.05) is 0 Å². The molecule has 0 aromatic carbocycles. The number of carbonyl (C=O) groups excluding carboxylic acids is 8. The highest BCUT2D eigenvalue weighted by Crippen LogP contribution is 2.30. The van der Waals surface area contributed by atoms with Crippen LogP contribution in [0.15, 0.2) is 0 Å². The van der Waals surface area contributed by atoms with Gasteiger partial charge in [-0.3, -0.25) is 38.4 Å². The first kappa shape index (κ1) is 35.9. The normalized spacial score (nSPS) is 27.3. The third-order valence-corrected chi connectivity index (χ3v) is 5.66.